The lowest BCUT2D eigenvalue weighted by Gasteiger charge is -2.23. The zero-order chi connectivity index (χ0) is 23.8. The normalized spacial score (nSPS) is 15.7. The maximum absolute atomic E-state index is 13.4. The number of nitrogens with one attached hydrogen (secondary N) is 1. The average Bonchev–Trinajstić information content (AvgIpc) is 3.04. The van der Waals surface area contributed by atoms with Crippen LogP contribution in [-0.4, -0.2) is 61.8 Å². The molecule has 2 amide bonds. The SMILES string of the molecule is CCOc1ccc(NC(=O)CC2C(=O)N(c3ccc(OC)cc3)C(=S)N2CCCOC)cc1. The number of thiocarbonyl (C=S) groups is 1. The van der Waals surface area contributed by atoms with Crippen LogP contribution in [0.3, 0.4) is 0 Å². The number of methoxy groups -OCH3 is 2. The van der Waals surface area contributed by atoms with Gasteiger partial charge in [-0.05, 0) is 74.1 Å². The number of hydrogen-bond acceptors (Lipinski definition) is 6. The van der Waals surface area contributed by atoms with Crippen LogP contribution < -0.4 is 19.7 Å². The van der Waals surface area contributed by atoms with Gasteiger partial charge in [-0.2, -0.15) is 0 Å². The fourth-order valence-corrected chi connectivity index (χ4v) is 4.04. The van der Waals surface area contributed by atoms with Crippen LogP contribution in [-0.2, 0) is 14.3 Å². The zero-order valence-corrected chi connectivity index (χ0v) is 19.9. The van der Waals surface area contributed by atoms with Crippen molar-refractivity contribution in [2.45, 2.75) is 25.8 Å². The molecule has 1 saturated heterocycles. The second-order valence-electron chi connectivity index (χ2n) is 7.42. The number of anilines is 2. The van der Waals surface area contributed by atoms with Gasteiger partial charge in [-0.25, -0.2) is 0 Å². The minimum Gasteiger partial charge on any atom is -0.497 e. The predicted molar refractivity (Wildman–Crippen MR) is 131 cm³/mol. The Balaban J connectivity index is 1.75. The molecule has 176 valence electrons. The molecule has 0 bridgehead atoms. The van der Waals surface area contributed by atoms with Crippen LogP contribution in [0.5, 0.6) is 11.5 Å². The molecule has 9 heteroatoms. The Morgan fingerprint density at radius 3 is 2.33 bits per heavy atom. The molecule has 2 aromatic carbocycles. The van der Waals surface area contributed by atoms with E-state index in [1.54, 1.807) is 67.7 Å². The Hall–Kier alpha value is -3.17. The van der Waals surface area contributed by atoms with E-state index in [0.717, 1.165) is 5.75 Å². The number of carbonyl (C=O) groups excluding carboxylic acids is 2. The molecule has 1 atom stereocenters. The van der Waals surface area contributed by atoms with E-state index in [1.165, 1.54) is 4.90 Å². The van der Waals surface area contributed by atoms with Gasteiger partial charge in [0.1, 0.15) is 17.5 Å². The number of carbonyl (C=O) groups is 2. The van der Waals surface area contributed by atoms with Gasteiger partial charge in [0.15, 0.2) is 5.11 Å². The van der Waals surface area contributed by atoms with E-state index in [1.807, 2.05) is 6.92 Å². The molecule has 1 unspecified atom stereocenters. The van der Waals surface area contributed by atoms with E-state index in [-0.39, 0.29) is 18.2 Å². The summed E-state index contributed by atoms with van der Waals surface area (Å²) in [4.78, 5) is 29.5. The van der Waals surface area contributed by atoms with E-state index < -0.39 is 6.04 Å². The molecule has 1 aliphatic heterocycles. The molecule has 3 rings (SSSR count). The van der Waals surface area contributed by atoms with Crippen molar-refractivity contribution in [2.24, 2.45) is 0 Å². The van der Waals surface area contributed by atoms with Gasteiger partial charge in [0, 0.05) is 25.9 Å². The fourth-order valence-electron chi connectivity index (χ4n) is 3.62. The van der Waals surface area contributed by atoms with Crippen LogP contribution in [0.25, 0.3) is 0 Å². The van der Waals surface area contributed by atoms with Gasteiger partial charge >= 0.3 is 0 Å². The smallest absolute Gasteiger partial charge is 0.256 e. The zero-order valence-electron chi connectivity index (χ0n) is 19.1. The first-order valence-electron chi connectivity index (χ1n) is 10.8. The molecule has 1 aliphatic rings. The fraction of sp³-hybridized carbons (Fsp3) is 0.375. The average molecular weight is 472 g/mol. The molecule has 8 nitrogen and oxygen atoms in total. The molecule has 0 saturated carbocycles. The van der Waals surface area contributed by atoms with Gasteiger partial charge < -0.3 is 24.4 Å². The first-order valence-corrected chi connectivity index (χ1v) is 11.2. The van der Waals surface area contributed by atoms with Crippen molar-refractivity contribution in [1.82, 2.24) is 4.90 Å². The van der Waals surface area contributed by atoms with Gasteiger partial charge in [-0.15, -0.1) is 0 Å². The quantitative estimate of drug-likeness (QED) is 0.397. The topological polar surface area (TPSA) is 80.3 Å². The summed E-state index contributed by atoms with van der Waals surface area (Å²) in [5.74, 6) is 0.906. The number of nitrogens with zero attached hydrogens (tertiary/aromatic N) is 2. The second kappa shape index (κ2) is 11.6. The summed E-state index contributed by atoms with van der Waals surface area (Å²) in [6, 6.07) is 13.5. The predicted octanol–water partition coefficient (Wildman–Crippen LogP) is 3.46. The van der Waals surface area contributed by atoms with E-state index >= 15 is 0 Å². The summed E-state index contributed by atoms with van der Waals surface area (Å²) >= 11 is 5.64. The standard InChI is InChI=1S/C24H29N3O5S/c1-4-32-20-10-6-17(7-11-20)25-22(28)16-21-23(29)27(18-8-12-19(31-3)13-9-18)24(33)26(21)14-5-15-30-2/h6-13,21H,4-5,14-16H2,1-3H3,(H,25,28). The van der Waals surface area contributed by atoms with Crippen molar-refractivity contribution in [1.29, 1.82) is 0 Å². The number of benzene rings is 2. The minimum absolute atomic E-state index is 0.0220. The highest BCUT2D eigenvalue weighted by Crippen LogP contribution is 2.29. The van der Waals surface area contributed by atoms with Crippen molar-refractivity contribution < 1.29 is 23.8 Å². The summed E-state index contributed by atoms with van der Waals surface area (Å²) in [7, 11) is 3.20. The lowest BCUT2D eigenvalue weighted by Crippen LogP contribution is -2.38. The van der Waals surface area contributed by atoms with Crippen molar-refractivity contribution >= 4 is 40.5 Å². The molecule has 1 N–H and O–H groups in total. The highest BCUT2D eigenvalue weighted by Gasteiger charge is 2.43. The van der Waals surface area contributed by atoms with Crippen LogP contribution >= 0.6 is 12.2 Å². The van der Waals surface area contributed by atoms with E-state index in [9.17, 15) is 9.59 Å². The van der Waals surface area contributed by atoms with Crippen LogP contribution in [0, 0.1) is 0 Å². The summed E-state index contributed by atoms with van der Waals surface area (Å²) in [6.45, 7) is 3.51. The lowest BCUT2D eigenvalue weighted by atomic mass is 10.1. The van der Waals surface area contributed by atoms with Gasteiger partial charge in [0.2, 0.25) is 5.91 Å². The van der Waals surface area contributed by atoms with Crippen molar-refractivity contribution in [3.05, 3.63) is 48.5 Å². The Kier molecular flexibility index (Phi) is 8.62. The molecular formula is C24H29N3O5S. The Morgan fingerprint density at radius 1 is 1.06 bits per heavy atom. The van der Waals surface area contributed by atoms with E-state index in [2.05, 4.69) is 5.32 Å². The summed E-state index contributed by atoms with van der Waals surface area (Å²) < 4.78 is 15.8. The molecule has 0 aromatic heterocycles. The van der Waals surface area contributed by atoms with Crippen molar-refractivity contribution in [3.8, 4) is 11.5 Å². The monoisotopic (exact) mass is 471 g/mol. The van der Waals surface area contributed by atoms with Crippen molar-refractivity contribution in [3.63, 3.8) is 0 Å². The first-order chi connectivity index (χ1) is 16.0. The van der Waals surface area contributed by atoms with Crippen LogP contribution in [0.15, 0.2) is 48.5 Å². The molecular weight excluding hydrogens is 442 g/mol. The third-order valence-corrected chi connectivity index (χ3v) is 5.64. The first kappa shape index (κ1) is 24.5. The highest BCUT2D eigenvalue weighted by atomic mass is 32.1. The van der Waals surface area contributed by atoms with E-state index in [4.69, 9.17) is 26.4 Å². The summed E-state index contributed by atoms with van der Waals surface area (Å²) in [5, 5.41) is 3.23. The molecule has 0 radical (unpaired) electrons. The number of amides is 2. The largest absolute Gasteiger partial charge is 0.497 e. The van der Waals surface area contributed by atoms with Gasteiger partial charge in [-0.3, -0.25) is 14.5 Å². The second-order valence-corrected chi connectivity index (χ2v) is 7.78. The highest BCUT2D eigenvalue weighted by molar-refractivity contribution is 7.80. The number of ether oxygens (including phenoxy) is 3. The maximum Gasteiger partial charge on any atom is 0.256 e. The van der Waals surface area contributed by atoms with Gasteiger partial charge in [-0.1, -0.05) is 0 Å². The third kappa shape index (κ3) is 6.00. The molecule has 33 heavy (non-hydrogen) atoms. The van der Waals surface area contributed by atoms with Crippen molar-refractivity contribution in [2.75, 3.05) is 44.2 Å². The number of rotatable bonds is 11. The Morgan fingerprint density at radius 2 is 1.73 bits per heavy atom. The van der Waals surface area contributed by atoms with Crippen LogP contribution in [0.4, 0.5) is 11.4 Å². The number of hydrogen-bond donors (Lipinski definition) is 1. The summed E-state index contributed by atoms with van der Waals surface area (Å²) in [6.07, 6.45) is 0.656. The molecule has 1 fully saturated rings. The molecule has 0 aliphatic carbocycles. The van der Waals surface area contributed by atoms with Gasteiger partial charge in [0.25, 0.3) is 5.91 Å². The molecule has 2 aromatic rings. The van der Waals surface area contributed by atoms with E-state index in [0.29, 0.717) is 48.4 Å². The third-order valence-electron chi connectivity index (χ3n) is 5.22. The van der Waals surface area contributed by atoms with Crippen LogP contribution in [0.2, 0.25) is 0 Å². The molecule has 1 heterocycles. The Bertz CT molecular complexity index is 965. The summed E-state index contributed by atoms with van der Waals surface area (Å²) in [5.41, 5.74) is 1.27. The van der Waals surface area contributed by atoms with Gasteiger partial charge in [0.05, 0.1) is 25.8 Å². The Labute approximate surface area is 199 Å². The maximum atomic E-state index is 13.4. The molecule has 0 spiro atoms. The lowest BCUT2D eigenvalue weighted by molar-refractivity contribution is -0.124. The minimum atomic E-state index is -0.695. The van der Waals surface area contributed by atoms with Crippen LogP contribution in [0.1, 0.15) is 19.8 Å².